The number of aromatic nitrogens is 2. The van der Waals surface area contributed by atoms with Gasteiger partial charge in [0.1, 0.15) is 0 Å². The Balaban J connectivity index is 2.22. The molecule has 4 heteroatoms. The molecule has 0 aliphatic carbocycles. The molecule has 0 aliphatic heterocycles. The van der Waals surface area contributed by atoms with Gasteiger partial charge in [-0.25, -0.2) is 0 Å². The fourth-order valence-electron chi connectivity index (χ4n) is 1.32. The van der Waals surface area contributed by atoms with Crippen molar-refractivity contribution in [1.29, 1.82) is 0 Å². The normalized spacial score (nSPS) is 10.7. The van der Waals surface area contributed by atoms with Crippen molar-refractivity contribution in [2.45, 2.75) is 45.6 Å². The smallest absolute Gasteiger partial charge is 0.226 e. The fraction of sp³-hybridized carbons (Fsp3) is 0.800. The average Bonchev–Trinajstić information content (AvgIpc) is 2.61. The summed E-state index contributed by atoms with van der Waals surface area (Å²) in [5.41, 5.74) is 0. The van der Waals surface area contributed by atoms with Crippen molar-refractivity contribution in [1.82, 2.24) is 15.5 Å². The Hall–Kier alpha value is -0.900. The maximum atomic E-state index is 5.10. The summed E-state index contributed by atoms with van der Waals surface area (Å²) in [7, 11) is 1.87. The second kappa shape index (κ2) is 6.54. The van der Waals surface area contributed by atoms with Crippen molar-refractivity contribution in [3.8, 4) is 0 Å². The predicted octanol–water partition coefficient (Wildman–Crippen LogP) is 1.91. The van der Waals surface area contributed by atoms with Crippen LogP contribution < -0.4 is 5.32 Å². The van der Waals surface area contributed by atoms with E-state index in [4.69, 9.17) is 4.52 Å². The molecule has 0 amide bonds. The Morgan fingerprint density at radius 2 is 2.14 bits per heavy atom. The summed E-state index contributed by atoms with van der Waals surface area (Å²) >= 11 is 0. The summed E-state index contributed by atoms with van der Waals surface area (Å²) in [4.78, 5) is 4.26. The number of rotatable bonds is 7. The minimum Gasteiger partial charge on any atom is -0.339 e. The third kappa shape index (κ3) is 3.87. The van der Waals surface area contributed by atoms with Gasteiger partial charge in [-0.3, -0.25) is 0 Å². The van der Waals surface area contributed by atoms with E-state index in [0.717, 1.165) is 24.6 Å². The number of unbranched alkanes of at least 4 members (excludes halogenated alkanes) is 3. The number of hydrogen-bond donors (Lipinski definition) is 1. The van der Waals surface area contributed by atoms with E-state index in [1.165, 1.54) is 19.3 Å². The minimum atomic E-state index is 0.679. The summed E-state index contributed by atoms with van der Waals surface area (Å²) < 4.78 is 5.10. The number of nitrogens with one attached hydrogen (secondary N) is 1. The van der Waals surface area contributed by atoms with Crippen LogP contribution >= 0.6 is 0 Å². The monoisotopic (exact) mass is 197 g/mol. The fourth-order valence-corrected chi connectivity index (χ4v) is 1.32. The van der Waals surface area contributed by atoms with Crippen molar-refractivity contribution in [2.24, 2.45) is 0 Å². The molecular formula is C10H19N3O. The van der Waals surface area contributed by atoms with Crippen LogP contribution in [-0.4, -0.2) is 17.2 Å². The molecule has 1 heterocycles. The van der Waals surface area contributed by atoms with E-state index in [1.807, 2.05) is 7.05 Å². The Labute approximate surface area is 85.1 Å². The maximum Gasteiger partial charge on any atom is 0.226 e. The molecule has 0 bridgehead atoms. The third-order valence-corrected chi connectivity index (χ3v) is 2.09. The highest BCUT2D eigenvalue weighted by molar-refractivity contribution is 4.85. The highest BCUT2D eigenvalue weighted by Crippen LogP contribution is 2.05. The van der Waals surface area contributed by atoms with Gasteiger partial charge in [-0.15, -0.1) is 0 Å². The minimum absolute atomic E-state index is 0.679. The lowest BCUT2D eigenvalue weighted by atomic mass is 10.1. The number of hydrogen-bond acceptors (Lipinski definition) is 4. The Morgan fingerprint density at radius 1 is 1.29 bits per heavy atom. The van der Waals surface area contributed by atoms with E-state index in [0.29, 0.717) is 6.54 Å². The second-order valence-corrected chi connectivity index (χ2v) is 3.45. The van der Waals surface area contributed by atoms with Crippen LogP contribution in [0.1, 0.15) is 44.3 Å². The van der Waals surface area contributed by atoms with E-state index >= 15 is 0 Å². The molecule has 1 N–H and O–H groups in total. The molecule has 0 unspecified atom stereocenters. The van der Waals surface area contributed by atoms with E-state index < -0.39 is 0 Å². The van der Waals surface area contributed by atoms with E-state index in [1.54, 1.807) is 0 Å². The zero-order valence-corrected chi connectivity index (χ0v) is 9.05. The molecule has 0 saturated heterocycles. The van der Waals surface area contributed by atoms with E-state index in [2.05, 4.69) is 22.4 Å². The molecule has 0 aromatic carbocycles. The van der Waals surface area contributed by atoms with Gasteiger partial charge in [-0.1, -0.05) is 31.3 Å². The number of nitrogens with zero attached hydrogens (tertiary/aromatic N) is 2. The number of aryl methyl sites for hydroxylation is 1. The molecule has 4 nitrogen and oxygen atoms in total. The standard InChI is InChI=1S/C10H19N3O/c1-3-4-5-6-7-10-12-9(8-11-2)13-14-10/h11H,3-8H2,1-2H3. The van der Waals surface area contributed by atoms with E-state index in [9.17, 15) is 0 Å². The van der Waals surface area contributed by atoms with Gasteiger partial charge in [-0.05, 0) is 13.5 Å². The van der Waals surface area contributed by atoms with Crippen LogP contribution in [0.2, 0.25) is 0 Å². The lowest BCUT2D eigenvalue weighted by Crippen LogP contribution is -2.06. The largest absolute Gasteiger partial charge is 0.339 e. The first-order chi connectivity index (χ1) is 6.86. The van der Waals surface area contributed by atoms with Gasteiger partial charge in [-0.2, -0.15) is 4.98 Å². The predicted molar refractivity (Wildman–Crippen MR) is 54.9 cm³/mol. The van der Waals surface area contributed by atoms with Crippen LogP contribution in [-0.2, 0) is 13.0 Å². The molecule has 80 valence electrons. The highest BCUT2D eigenvalue weighted by atomic mass is 16.5. The van der Waals surface area contributed by atoms with Gasteiger partial charge < -0.3 is 9.84 Å². The van der Waals surface area contributed by atoms with Crippen LogP contribution in [0, 0.1) is 0 Å². The van der Waals surface area contributed by atoms with Gasteiger partial charge in [0.25, 0.3) is 0 Å². The lowest BCUT2D eigenvalue weighted by Gasteiger charge is -1.93. The quantitative estimate of drug-likeness (QED) is 0.678. The van der Waals surface area contributed by atoms with Crippen molar-refractivity contribution in [2.75, 3.05) is 7.05 Å². The third-order valence-electron chi connectivity index (χ3n) is 2.09. The van der Waals surface area contributed by atoms with Gasteiger partial charge in [0.15, 0.2) is 5.82 Å². The zero-order chi connectivity index (χ0) is 10.2. The summed E-state index contributed by atoms with van der Waals surface area (Å²) in [6.07, 6.45) is 5.86. The Bertz CT molecular complexity index is 247. The SMILES string of the molecule is CCCCCCc1nc(CNC)no1. The van der Waals surface area contributed by atoms with Gasteiger partial charge in [0, 0.05) is 6.42 Å². The van der Waals surface area contributed by atoms with Crippen molar-refractivity contribution < 1.29 is 4.52 Å². The molecular weight excluding hydrogens is 178 g/mol. The molecule has 1 aromatic rings. The Morgan fingerprint density at radius 3 is 2.86 bits per heavy atom. The van der Waals surface area contributed by atoms with Gasteiger partial charge in [0.2, 0.25) is 5.89 Å². The van der Waals surface area contributed by atoms with Crippen molar-refractivity contribution in [3.63, 3.8) is 0 Å². The van der Waals surface area contributed by atoms with Crippen LogP contribution in [0.15, 0.2) is 4.52 Å². The van der Waals surface area contributed by atoms with Crippen LogP contribution in [0.5, 0.6) is 0 Å². The molecule has 0 aliphatic rings. The molecule has 1 aromatic heterocycles. The van der Waals surface area contributed by atoms with Crippen LogP contribution in [0.4, 0.5) is 0 Å². The first-order valence-electron chi connectivity index (χ1n) is 5.33. The van der Waals surface area contributed by atoms with Crippen LogP contribution in [0.25, 0.3) is 0 Å². The van der Waals surface area contributed by atoms with Crippen molar-refractivity contribution >= 4 is 0 Å². The lowest BCUT2D eigenvalue weighted by molar-refractivity contribution is 0.368. The Kier molecular flexibility index (Phi) is 5.22. The molecule has 0 atom stereocenters. The first kappa shape index (κ1) is 11.2. The molecule has 14 heavy (non-hydrogen) atoms. The van der Waals surface area contributed by atoms with Gasteiger partial charge >= 0.3 is 0 Å². The zero-order valence-electron chi connectivity index (χ0n) is 9.05. The molecule has 0 saturated carbocycles. The highest BCUT2D eigenvalue weighted by Gasteiger charge is 2.04. The summed E-state index contributed by atoms with van der Waals surface area (Å²) in [6, 6.07) is 0. The summed E-state index contributed by atoms with van der Waals surface area (Å²) in [6.45, 7) is 2.89. The second-order valence-electron chi connectivity index (χ2n) is 3.45. The van der Waals surface area contributed by atoms with Gasteiger partial charge in [0.05, 0.1) is 6.54 Å². The maximum absolute atomic E-state index is 5.10. The van der Waals surface area contributed by atoms with Crippen LogP contribution in [0.3, 0.4) is 0 Å². The molecule has 0 spiro atoms. The molecule has 1 rings (SSSR count). The average molecular weight is 197 g/mol. The molecule has 0 fully saturated rings. The first-order valence-corrected chi connectivity index (χ1v) is 5.33. The summed E-state index contributed by atoms with van der Waals surface area (Å²) in [5.74, 6) is 1.52. The van der Waals surface area contributed by atoms with Crippen molar-refractivity contribution in [3.05, 3.63) is 11.7 Å². The molecule has 0 radical (unpaired) electrons. The topological polar surface area (TPSA) is 51.0 Å². The summed E-state index contributed by atoms with van der Waals surface area (Å²) in [5, 5.41) is 6.84. The van der Waals surface area contributed by atoms with E-state index in [-0.39, 0.29) is 0 Å².